The standard InChI is InChI=1S/C11H14N2S/c1-8(2)7-10-11-12-5-4-6-13(11)9(3)14-10/h4-5,7-8H,3,6H2,1-2H3. The van der Waals surface area contributed by atoms with Crippen molar-refractivity contribution in [3.05, 3.63) is 34.9 Å². The summed E-state index contributed by atoms with van der Waals surface area (Å²) in [5.74, 6) is 1.62. The second-order valence-electron chi connectivity index (χ2n) is 3.72. The molecule has 1 saturated heterocycles. The predicted octanol–water partition coefficient (Wildman–Crippen LogP) is 2.97. The van der Waals surface area contributed by atoms with Crippen LogP contribution in [0.1, 0.15) is 13.8 Å². The maximum absolute atomic E-state index is 4.39. The van der Waals surface area contributed by atoms with Crippen LogP contribution in [0.3, 0.4) is 0 Å². The van der Waals surface area contributed by atoms with Gasteiger partial charge in [0, 0.05) is 12.7 Å². The van der Waals surface area contributed by atoms with Crippen molar-refractivity contribution >= 4 is 17.6 Å². The van der Waals surface area contributed by atoms with Crippen LogP contribution in [0.5, 0.6) is 0 Å². The molecule has 2 nitrogen and oxygen atoms in total. The predicted molar refractivity (Wildman–Crippen MR) is 62.9 cm³/mol. The highest BCUT2D eigenvalue weighted by molar-refractivity contribution is 8.08. The van der Waals surface area contributed by atoms with Crippen molar-refractivity contribution < 1.29 is 0 Å². The molecule has 0 aromatic heterocycles. The zero-order chi connectivity index (χ0) is 10.1. The lowest BCUT2D eigenvalue weighted by Gasteiger charge is -2.18. The average molecular weight is 206 g/mol. The zero-order valence-electron chi connectivity index (χ0n) is 8.53. The van der Waals surface area contributed by atoms with Gasteiger partial charge in [-0.15, -0.1) is 0 Å². The highest BCUT2D eigenvalue weighted by Gasteiger charge is 2.28. The molecular formula is C11H14N2S. The van der Waals surface area contributed by atoms with E-state index in [-0.39, 0.29) is 0 Å². The van der Waals surface area contributed by atoms with E-state index in [1.54, 1.807) is 11.8 Å². The van der Waals surface area contributed by atoms with Crippen LogP contribution in [-0.2, 0) is 0 Å². The smallest absolute Gasteiger partial charge is 0.147 e. The van der Waals surface area contributed by atoms with E-state index in [4.69, 9.17) is 0 Å². The first-order chi connectivity index (χ1) is 6.68. The van der Waals surface area contributed by atoms with Gasteiger partial charge in [-0.2, -0.15) is 0 Å². The zero-order valence-corrected chi connectivity index (χ0v) is 9.34. The van der Waals surface area contributed by atoms with Gasteiger partial charge in [0.1, 0.15) is 5.84 Å². The number of aliphatic imine (C=N–C) groups is 1. The molecule has 0 atom stereocenters. The van der Waals surface area contributed by atoms with Crippen LogP contribution in [0, 0.1) is 5.92 Å². The molecule has 3 heteroatoms. The fourth-order valence-electron chi connectivity index (χ4n) is 1.49. The summed E-state index contributed by atoms with van der Waals surface area (Å²) in [5.41, 5.74) is 0. The lowest BCUT2D eigenvalue weighted by atomic mass is 10.2. The van der Waals surface area contributed by atoms with E-state index >= 15 is 0 Å². The Hall–Kier alpha value is -0.960. The molecule has 0 spiro atoms. The number of hydrogen-bond donors (Lipinski definition) is 0. The maximum atomic E-state index is 4.39. The summed E-state index contributed by atoms with van der Waals surface area (Å²) in [7, 11) is 0. The van der Waals surface area contributed by atoms with Gasteiger partial charge < -0.3 is 4.90 Å². The van der Waals surface area contributed by atoms with Gasteiger partial charge in [0.15, 0.2) is 0 Å². The molecule has 0 bridgehead atoms. The molecule has 0 saturated carbocycles. The summed E-state index contributed by atoms with van der Waals surface area (Å²) in [5, 5.41) is 1.08. The third kappa shape index (κ3) is 1.64. The van der Waals surface area contributed by atoms with Crippen LogP contribution < -0.4 is 0 Å². The minimum Gasteiger partial charge on any atom is -0.316 e. The molecule has 1 fully saturated rings. The Balaban J connectivity index is 2.33. The molecule has 2 rings (SSSR count). The van der Waals surface area contributed by atoms with Gasteiger partial charge in [-0.3, -0.25) is 0 Å². The SMILES string of the molecule is C=C1SC(=CC(C)C)C2=NC=CCN12. The number of allylic oxidation sites excluding steroid dienone is 1. The Morgan fingerprint density at radius 2 is 2.43 bits per heavy atom. The first-order valence-corrected chi connectivity index (χ1v) is 5.59. The molecule has 0 amide bonds. The monoisotopic (exact) mass is 206 g/mol. The molecular weight excluding hydrogens is 192 g/mol. The quantitative estimate of drug-likeness (QED) is 0.655. The summed E-state index contributed by atoms with van der Waals surface area (Å²) in [6.45, 7) is 9.29. The second kappa shape index (κ2) is 3.65. The number of nitrogens with zero attached hydrogens (tertiary/aromatic N) is 2. The Morgan fingerprint density at radius 1 is 1.64 bits per heavy atom. The second-order valence-corrected chi connectivity index (χ2v) is 4.83. The van der Waals surface area contributed by atoms with Gasteiger partial charge in [-0.05, 0) is 12.0 Å². The van der Waals surface area contributed by atoms with Gasteiger partial charge in [-0.1, -0.05) is 38.3 Å². The van der Waals surface area contributed by atoms with Gasteiger partial charge in [0.25, 0.3) is 0 Å². The maximum Gasteiger partial charge on any atom is 0.147 e. The van der Waals surface area contributed by atoms with Crippen molar-refractivity contribution in [3.8, 4) is 0 Å². The number of rotatable bonds is 1. The molecule has 74 valence electrons. The Kier molecular flexibility index (Phi) is 2.50. The lowest BCUT2D eigenvalue weighted by molar-refractivity contribution is 0.612. The molecule has 2 aliphatic rings. The van der Waals surface area contributed by atoms with E-state index < -0.39 is 0 Å². The Labute approximate surface area is 89.1 Å². The number of fused-ring (bicyclic) bond motifs is 1. The largest absolute Gasteiger partial charge is 0.316 e. The van der Waals surface area contributed by atoms with Crippen molar-refractivity contribution in [1.82, 2.24) is 4.90 Å². The fourth-order valence-corrected chi connectivity index (χ4v) is 2.61. The first-order valence-electron chi connectivity index (χ1n) is 4.78. The van der Waals surface area contributed by atoms with E-state index in [1.165, 1.54) is 4.91 Å². The van der Waals surface area contributed by atoms with E-state index in [0.29, 0.717) is 5.92 Å². The topological polar surface area (TPSA) is 15.6 Å². The van der Waals surface area contributed by atoms with Crippen molar-refractivity contribution in [3.63, 3.8) is 0 Å². The summed E-state index contributed by atoms with van der Waals surface area (Å²) < 4.78 is 0. The number of amidine groups is 1. The molecule has 0 aliphatic carbocycles. The van der Waals surface area contributed by atoms with Crippen LogP contribution >= 0.6 is 11.8 Å². The van der Waals surface area contributed by atoms with E-state index in [2.05, 4.69) is 36.4 Å². The molecule has 0 radical (unpaired) electrons. The number of hydrogen-bond acceptors (Lipinski definition) is 3. The minimum atomic E-state index is 0.554. The Bertz CT molecular complexity index is 350. The molecule has 0 N–H and O–H groups in total. The van der Waals surface area contributed by atoms with Crippen molar-refractivity contribution in [1.29, 1.82) is 0 Å². The molecule has 2 heterocycles. The average Bonchev–Trinajstić information content (AvgIpc) is 2.44. The van der Waals surface area contributed by atoms with Gasteiger partial charge in [0.2, 0.25) is 0 Å². The van der Waals surface area contributed by atoms with E-state index in [0.717, 1.165) is 17.4 Å². The third-order valence-electron chi connectivity index (χ3n) is 2.08. The fraction of sp³-hybridized carbons (Fsp3) is 0.364. The Morgan fingerprint density at radius 3 is 3.14 bits per heavy atom. The van der Waals surface area contributed by atoms with Crippen LogP contribution in [0.4, 0.5) is 0 Å². The lowest BCUT2D eigenvalue weighted by Crippen LogP contribution is -2.25. The minimum absolute atomic E-state index is 0.554. The van der Waals surface area contributed by atoms with Crippen molar-refractivity contribution in [2.75, 3.05) is 6.54 Å². The summed E-state index contributed by atoms with van der Waals surface area (Å²) in [4.78, 5) is 7.78. The third-order valence-corrected chi connectivity index (χ3v) is 3.07. The van der Waals surface area contributed by atoms with Crippen LogP contribution in [0.15, 0.2) is 39.9 Å². The van der Waals surface area contributed by atoms with Crippen molar-refractivity contribution in [2.24, 2.45) is 10.9 Å². The summed E-state index contributed by atoms with van der Waals surface area (Å²) in [6, 6.07) is 0. The molecule has 2 aliphatic heterocycles. The van der Waals surface area contributed by atoms with Gasteiger partial charge in [0.05, 0.1) is 9.93 Å². The van der Waals surface area contributed by atoms with Crippen LogP contribution in [0.2, 0.25) is 0 Å². The molecule has 0 aromatic rings. The van der Waals surface area contributed by atoms with Gasteiger partial charge in [-0.25, -0.2) is 4.99 Å². The van der Waals surface area contributed by atoms with Gasteiger partial charge >= 0.3 is 0 Å². The summed E-state index contributed by atoms with van der Waals surface area (Å²) >= 11 is 1.72. The molecule has 0 aromatic carbocycles. The number of thioether (sulfide) groups is 1. The van der Waals surface area contributed by atoms with Crippen LogP contribution in [-0.4, -0.2) is 17.3 Å². The van der Waals surface area contributed by atoms with E-state index in [1.807, 2.05) is 12.3 Å². The highest BCUT2D eigenvalue weighted by atomic mass is 32.2. The molecule has 0 unspecified atom stereocenters. The summed E-state index contributed by atoms with van der Waals surface area (Å²) in [6.07, 6.45) is 6.17. The first kappa shape index (κ1) is 9.59. The van der Waals surface area contributed by atoms with E-state index in [9.17, 15) is 0 Å². The normalized spacial score (nSPS) is 23.4. The van der Waals surface area contributed by atoms with Crippen LogP contribution in [0.25, 0.3) is 0 Å². The van der Waals surface area contributed by atoms with Crippen molar-refractivity contribution in [2.45, 2.75) is 13.8 Å². The highest BCUT2D eigenvalue weighted by Crippen LogP contribution is 2.39. The molecule has 14 heavy (non-hydrogen) atoms.